The maximum atomic E-state index is 11.4. The van der Waals surface area contributed by atoms with Crippen LogP contribution in [0, 0.1) is 5.41 Å². The van der Waals surface area contributed by atoms with Crippen molar-refractivity contribution in [3.63, 3.8) is 0 Å². The van der Waals surface area contributed by atoms with Gasteiger partial charge in [0.05, 0.1) is 0 Å². The molecular formula is C13H20N2O. The number of carbonyl (C=O) groups is 1. The fraction of sp³-hybridized carbons (Fsp3) is 0.462. The van der Waals surface area contributed by atoms with Crippen LogP contribution < -0.4 is 10.6 Å². The normalized spacial score (nSPS) is 10.9. The molecule has 0 saturated heterocycles. The summed E-state index contributed by atoms with van der Waals surface area (Å²) in [5, 5.41) is 5.66. The maximum Gasteiger partial charge on any atom is 0.315 e. The summed E-state index contributed by atoms with van der Waals surface area (Å²) in [6.07, 6.45) is 0. The van der Waals surface area contributed by atoms with Gasteiger partial charge in [-0.3, -0.25) is 0 Å². The summed E-state index contributed by atoms with van der Waals surface area (Å²) in [4.78, 5) is 11.4. The van der Waals surface area contributed by atoms with Crippen molar-refractivity contribution < 1.29 is 4.79 Å². The summed E-state index contributed by atoms with van der Waals surface area (Å²) in [5.41, 5.74) is 1.22. The monoisotopic (exact) mass is 220 g/mol. The van der Waals surface area contributed by atoms with Crippen LogP contribution in [0.1, 0.15) is 26.3 Å². The number of amides is 2. The summed E-state index contributed by atoms with van der Waals surface area (Å²) < 4.78 is 0. The molecule has 0 aromatic heterocycles. The molecule has 0 radical (unpaired) electrons. The first-order valence-corrected chi connectivity index (χ1v) is 5.53. The van der Waals surface area contributed by atoms with Crippen molar-refractivity contribution >= 4 is 6.03 Å². The number of nitrogens with one attached hydrogen (secondary N) is 2. The first-order chi connectivity index (χ1) is 7.47. The van der Waals surface area contributed by atoms with E-state index in [0.29, 0.717) is 13.1 Å². The molecule has 3 nitrogen and oxygen atoms in total. The number of hydrogen-bond donors (Lipinski definition) is 2. The SMILES string of the molecule is CC(C)(C)CNC(=O)NCc1ccccc1. The first-order valence-electron chi connectivity index (χ1n) is 5.53. The van der Waals surface area contributed by atoms with E-state index in [4.69, 9.17) is 0 Å². The van der Waals surface area contributed by atoms with Gasteiger partial charge in [0, 0.05) is 13.1 Å². The van der Waals surface area contributed by atoms with Crippen molar-refractivity contribution in [1.82, 2.24) is 10.6 Å². The highest BCUT2D eigenvalue weighted by Crippen LogP contribution is 2.09. The molecule has 1 aromatic carbocycles. The molecular weight excluding hydrogens is 200 g/mol. The van der Waals surface area contributed by atoms with Crippen LogP contribution in [0.3, 0.4) is 0 Å². The first kappa shape index (κ1) is 12.6. The van der Waals surface area contributed by atoms with Gasteiger partial charge in [0.1, 0.15) is 0 Å². The van der Waals surface area contributed by atoms with Gasteiger partial charge in [0.25, 0.3) is 0 Å². The lowest BCUT2D eigenvalue weighted by Crippen LogP contribution is -2.39. The summed E-state index contributed by atoms with van der Waals surface area (Å²) in [5.74, 6) is 0. The lowest BCUT2D eigenvalue weighted by Gasteiger charge is -2.18. The van der Waals surface area contributed by atoms with Gasteiger partial charge in [0.2, 0.25) is 0 Å². The minimum Gasteiger partial charge on any atom is -0.338 e. The van der Waals surface area contributed by atoms with Gasteiger partial charge in [-0.05, 0) is 11.0 Å². The average Bonchev–Trinajstić information content (AvgIpc) is 2.24. The van der Waals surface area contributed by atoms with Crippen LogP contribution in [-0.2, 0) is 6.54 Å². The van der Waals surface area contributed by atoms with Crippen molar-refractivity contribution in [1.29, 1.82) is 0 Å². The number of rotatable bonds is 3. The quantitative estimate of drug-likeness (QED) is 0.807. The predicted molar refractivity (Wildman–Crippen MR) is 66.1 cm³/mol. The largest absolute Gasteiger partial charge is 0.338 e. The Labute approximate surface area is 97.2 Å². The van der Waals surface area contributed by atoms with Crippen molar-refractivity contribution in [3.8, 4) is 0 Å². The second-order valence-corrected chi connectivity index (χ2v) is 5.08. The standard InChI is InChI=1S/C13H20N2O/c1-13(2,3)10-15-12(16)14-9-11-7-5-4-6-8-11/h4-8H,9-10H2,1-3H3,(H2,14,15,16). The van der Waals surface area contributed by atoms with Crippen LogP contribution in [0.4, 0.5) is 4.79 Å². The molecule has 0 bridgehead atoms. The second-order valence-electron chi connectivity index (χ2n) is 5.08. The van der Waals surface area contributed by atoms with Gasteiger partial charge in [0.15, 0.2) is 0 Å². The Hall–Kier alpha value is -1.51. The average molecular weight is 220 g/mol. The Bertz CT molecular complexity index is 328. The number of urea groups is 1. The van der Waals surface area contributed by atoms with Crippen molar-refractivity contribution in [2.24, 2.45) is 5.41 Å². The van der Waals surface area contributed by atoms with E-state index < -0.39 is 0 Å². The van der Waals surface area contributed by atoms with E-state index in [0.717, 1.165) is 5.56 Å². The molecule has 2 amide bonds. The molecule has 1 aromatic rings. The zero-order valence-electron chi connectivity index (χ0n) is 10.2. The highest BCUT2D eigenvalue weighted by molar-refractivity contribution is 5.73. The molecule has 1 rings (SSSR count). The van der Waals surface area contributed by atoms with Gasteiger partial charge in [-0.15, -0.1) is 0 Å². The van der Waals surface area contributed by atoms with Crippen LogP contribution in [0.2, 0.25) is 0 Å². The smallest absolute Gasteiger partial charge is 0.315 e. The zero-order valence-corrected chi connectivity index (χ0v) is 10.2. The topological polar surface area (TPSA) is 41.1 Å². The molecule has 0 fully saturated rings. The van der Waals surface area contributed by atoms with Gasteiger partial charge >= 0.3 is 6.03 Å². The van der Waals surface area contributed by atoms with E-state index in [-0.39, 0.29) is 11.4 Å². The summed E-state index contributed by atoms with van der Waals surface area (Å²) in [6.45, 7) is 7.50. The third kappa shape index (κ3) is 5.39. The highest BCUT2D eigenvalue weighted by Gasteiger charge is 2.11. The van der Waals surface area contributed by atoms with Gasteiger partial charge in [-0.1, -0.05) is 51.1 Å². The minimum atomic E-state index is -0.112. The molecule has 0 atom stereocenters. The molecule has 16 heavy (non-hydrogen) atoms. The number of hydrogen-bond acceptors (Lipinski definition) is 1. The van der Waals surface area contributed by atoms with Gasteiger partial charge in [-0.25, -0.2) is 4.79 Å². The minimum absolute atomic E-state index is 0.112. The molecule has 0 saturated carbocycles. The third-order valence-electron chi connectivity index (χ3n) is 2.08. The van der Waals surface area contributed by atoms with Gasteiger partial charge < -0.3 is 10.6 Å². The Kier molecular flexibility index (Phi) is 4.35. The second kappa shape index (κ2) is 5.54. The van der Waals surface area contributed by atoms with Crippen molar-refractivity contribution in [2.75, 3.05) is 6.54 Å². The lowest BCUT2D eigenvalue weighted by molar-refractivity contribution is 0.235. The third-order valence-corrected chi connectivity index (χ3v) is 2.08. The molecule has 88 valence electrons. The predicted octanol–water partition coefficient (Wildman–Crippen LogP) is 2.53. The fourth-order valence-electron chi connectivity index (χ4n) is 1.19. The van der Waals surface area contributed by atoms with E-state index in [1.165, 1.54) is 0 Å². The van der Waals surface area contributed by atoms with Crippen LogP contribution in [-0.4, -0.2) is 12.6 Å². The van der Waals surface area contributed by atoms with Gasteiger partial charge in [-0.2, -0.15) is 0 Å². The van der Waals surface area contributed by atoms with Crippen LogP contribution in [0.25, 0.3) is 0 Å². The molecule has 0 aliphatic rings. The summed E-state index contributed by atoms with van der Waals surface area (Å²) >= 11 is 0. The molecule has 0 aliphatic carbocycles. The molecule has 2 N–H and O–H groups in total. The van der Waals surface area contributed by atoms with E-state index in [9.17, 15) is 4.79 Å². The van der Waals surface area contributed by atoms with Crippen LogP contribution >= 0.6 is 0 Å². The Morgan fingerprint density at radius 2 is 1.75 bits per heavy atom. The fourth-order valence-corrected chi connectivity index (χ4v) is 1.19. The number of carbonyl (C=O) groups excluding carboxylic acids is 1. The highest BCUT2D eigenvalue weighted by atomic mass is 16.2. The van der Waals surface area contributed by atoms with E-state index in [1.54, 1.807) is 0 Å². The van der Waals surface area contributed by atoms with E-state index in [1.807, 2.05) is 30.3 Å². The maximum absolute atomic E-state index is 11.4. The molecule has 0 spiro atoms. The number of benzene rings is 1. The van der Waals surface area contributed by atoms with Crippen molar-refractivity contribution in [3.05, 3.63) is 35.9 Å². The molecule has 0 unspecified atom stereocenters. The van der Waals surface area contributed by atoms with E-state index in [2.05, 4.69) is 31.4 Å². The Balaban J connectivity index is 2.26. The zero-order chi connectivity index (χ0) is 12.0. The van der Waals surface area contributed by atoms with Crippen LogP contribution in [0.15, 0.2) is 30.3 Å². The molecule has 3 heteroatoms. The van der Waals surface area contributed by atoms with E-state index >= 15 is 0 Å². The summed E-state index contributed by atoms with van der Waals surface area (Å²) in [6, 6.07) is 9.75. The van der Waals surface area contributed by atoms with Crippen LogP contribution in [0.5, 0.6) is 0 Å². The lowest BCUT2D eigenvalue weighted by atomic mass is 9.97. The molecule has 0 heterocycles. The van der Waals surface area contributed by atoms with Crippen molar-refractivity contribution in [2.45, 2.75) is 27.3 Å². The molecule has 0 aliphatic heterocycles. The Morgan fingerprint density at radius 3 is 2.31 bits per heavy atom. The summed E-state index contributed by atoms with van der Waals surface area (Å²) in [7, 11) is 0. The Morgan fingerprint density at radius 1 is 1.12 bits per heavy atom.